The van der Waals surface area contributed by atoms with Crippen molar-refractivity contribution in [3.05, 3.63) is 35.6 Å². The van der Waals surface area contributed by atoms with Gasteiger partial charge in [-0.1, -0.05) is 31.0 Å². The smallest absolute Gasteiger partial charge is 0.236 e. The van der Waals surface area contributed by atoms with Crippen molar-refractivity contribution in [2.75, 3.05) is 45.8 Å². The SMILES string of the molecule is O=C(Cc1ccccc1F)N1CCN(CC(=O)N2CCCCCC2)CC1. The first-order chi connectivity index (χ1) is 12.6. The maximum Gasteiger partial charge on any atom is 0.236 e. The Morgan fingerprint density at radius 1 is 0.808 bits per heavy atom. The second-order valence-electron chi connectivity index (χ2n) is 7.22. The van der Waals surface area contributed by atoms with E-state index in [-0.39, 0.29) is 24.1 Å². The zero-order chi connectivity index (χ0) is 18.4. The van der Waals surface area contributed by atoms with Gasteiger partial charge in [-0.2, -0.15) is 0 Å². The Kier molecular flexibility index (Phi) is 6.61. The van der Waals surface area contributed by atoms with Gasteiger partial charge in [0.15, 0.2) is 0 Å². The lowest BCUT2D eigenvalue weighted by Gasteiger charge is -2.35. The molecule has 0 spiro atoms. The van der Waals surface area contributed by atoms with Crippen molar-refractivity contribution in [1.82, 2.24) is 14.7 Å². The van der Waals surface area contributed by atoms with E-state index in [0.29, 0.717) is 38.3 Å². The average molecular weight is 361 g/mol. The van der Waals surface area contributed by atoms with E-state index in [1.54, 1.807) is 23.1 Å². The van der Waals surface area contributed by atoms with E-state index in [1.807, 2.05) is 4.90 Å². The Morgan fingerprint density at radius 2 is 1.42 bits per heavy atom. The fraction of sp³-hybridized carbons (Fsp3) is 0.600. The summed E-state index contributed by atoms with van der Waals surface area (Å²) < 4.78 is 13.7. The molecule has 0 aliphatic carbocycles. The number of benzene rings is 1. The Bertz CT molecular complexity index is 621. The van der Waals surface area contributed by atoms with Crippen molar-refractivity contribution in [2.45, 2.75) is 32.1 Å². The number of amides is 2. The standard InChI is InChI=1S/C20H28FN3O2/c21-18-8-4-3-7-17(18)15-19(25)24-13-11-22(12-14-24)16-20(26)23-9-5-1-2-6-10-23/h3-4,7-8H,1-2,5-6,9-16H2. The minimum Gasteiger partial charge on any atom is -0.342 e. The molecule has 6 heteroatoms. The van der Waals surface area contributed by atoms with E-state index in [2.05, 4.69) is 4.90 Å². The highest BCUT2D eigenvalue weighted by Crippen LogP contribution is 2.12. The van der Waals surface area contributed by atoms with Crippen LogP contribution in [0.15, 0.2) is 24.3 Å². The van der Waals surface area contributed by atoms with Crippen LogP contribution in [0.2, 0.25) is 0 Å². The average Bonchev–Trinajstić information content (AvgIpc) is 2.94. The molecule has 0 atom stereocenters. The van der Waals surface area contributed by atoms with Crippen LogP contribution in [0.1, 0.15) is 31.2 Å². The molecular weight excluding hydrogens is 333 g/mol. The molecule has 0 saturated carbocycles. The summed E-state index contributed by atoms with van der Waals surface area (Å²) in [4.78, 5) is 30.8. The number of carbonyl (C=O) groups is 2. The van der Waals surface area contributed by atoms with Gasteiger partial charge in [-0.05, 0) is 24.5 Å². The van der Waals surface area contributed by atoms with Crippen LogP contribution in [0.25, 0.3) is 0 Å². The van der Waals surface area contributed by atoms with Crippen LogP contribution < -0.4 is 0 Å². The summed E-state index contributed by atoms with van der Waals surface area (Å²) >= 11 is 0. The molecule has 2 saturated heterocycles. The number of rotatable bonds is 4. The fourth-order valence-electron chi connectivity index (χ4n) is 3.68. The number of piperazine rings is 1. The van der Waals surface area contributed by atoms with Gasteiger partial charge in [-0.3, -0.25) is 14.5 Å². The zero-order valence-electron chi connectivity index (χ0n) is 15.3. The highest BCUT2D eigenvalue weighted by atomic mass is 19.1. The highest BCUT2D eigenvalue weighted by Gasteiger charge is 2.24. The molecule has 1 aromatic rings. The van der Waals surface area contributed by atoms with Crippen LogP contribution in [-0.4, -0.2) is 72.3 Å². The van der Waals surface area contributed by atoms with E-state index in [1.165, 1.54) is 18.9 Å². The quantitative estimate of drug-likeness (QED) is 0.823. The predicted octanol–water partition coefficient (Wildman–Crippen LogP) is 1.91. The van der Waals surface area contributed by atoms with E-state index in [0.717, 1.165) is 25.9 Å². The molecule has 1 aromatic carbocycles. The summed E-state index contributed by atoms with van der Waals surface area (Å²) in [5, 5.41) is 0. The number of hydrogen-bond donors (Lipinski definition) is 0. The van der Waals surface area contributed by atoms with Crippen molar-refractivity contribution in [1.29, 1.82) is 0 Å². The molecule has 142 valence electrons. The lowest BCUT2D eigenvalue weighted by atomic mass is 10.1. The van der Waals surface area contributed by atoms with Crippen LogP contribution in [0, 0.1) is 5.82 Å². The summed E-state index contributed by atoms with van der Waals surface area (Å²) in [7, 11) is 0. The molecule has 0 N–H and O–H groups in total. The monoisotopic (exact) mass is 361 g/mol. The van der Waals surface area contributed by atoms with Gasteiger partial charge in [0, 0.05) is 39.3 Å². The number of nitrogens with zero attached hydrogens (tertiary/aromatic N) is 3. The summed E-state index contributed by atoms with van der Waals surface area (Å²) in [6.07, 6.45) is 4.73. The number of hydrogen-bond acceptors (Lipinski definition) is 3. The van der Waals surface area contributed by atoms with E-state index in [4.69, 9.17) is 0 Å². The second kappa shape index (κ2) is 9.12. The Balaban J connectivity index is 1.44. The zero-order valence-corrected chi connectivity index (χ0v) is 15.3. The third-order valence-electron chi connectivity index (χ3n) is 5.34. The molecular formula is C20H28FN3O2. The normalized spacial score (nSPS) is 19.3. The van der Waals surface area contributed by atoms with Crippen LogP contribution in [0.5, 0.6) is 0 Å². The molecule has 0 radical (unpaired) electrons. The first kappa shape index (κ1) is 18.8. The maximum absolute atomic E-state index is 13.7. The van der Waals surface area contributed by atoms with Gasteiger partial charge < -0.3 is 9.80 Å². The minimum atomic E-state index is -0.331. The first-order valence-electron chi connectivity index (χ1n) is 9.65. The molecule has 2 amide bonds. The van der Waals surface area contributed by atoms with Crippen molar-refractivity contribution in [2.24, 2.45) is 0 Å². The van der Waals surface area contributed by atoms with Crippen molar-refractivity contribution in [3.63, 3.8) is 0 Å². The van der Waals surface area contributed by atoms with Crippen LogP contribution in [-0.2, 0) is 16.0 Å². The highest BCUT2D eigenvalue weighted by molar-refractivity contribution is 5.79. The molecule has 5 nitrogen and oxygen atoms in total. The summed E-state index contributed by atoms with van der Waals surface area (Å²) in [5.41, 5.74) is 0.441. The van der Waals surface area contributed by atoms with Gasteiger partial charge in [0.25, 0.3) is 0 Å². The molecule has 26 heavy (non-hydrogen) atoms. The van der Waals surface area contributed by atoms with E-state index in [9.17, 15) is 14.0 Å². The summed E-state index contributed by atoms with van der Waals surface area (Å²) in [5.74, 6) is -0.172. The number of halogens is 1. The lowest BCUT2D eigenvalue weighted by Crippen LogP contribution is -2.52. The van der Waals surface area contributed by atoms with Gasteiger partial charge >= 0.3 is 0 Å². The molecule has 2 fully saturated rings. The molecule has 2 aliphatic rings. The fourth-order valence-corrected chi connectivity index (χ4v) is 3.68. The van der Waals surface area contributed by atoms with Crippen molar-refractivity contribution < 1.29 is 14.0 Å². The Morgan fingerprint density at radius 3 is 2.08 bits per heavy atom. The van der Waals surface area contributed by atoms with Gasteiger partial charge in [-0.15, -0.1) is 0 Å². The maximum atomic E-state index is 13.7. The summed E-state index contributed by atoms with van der Waals surface area (Å²) in [6, 6.07) is 6.42. The third-order valence-corrected chi connectivity index (χ3v) is 5.34. The van der Waals surface area contributed by atoms with Crippen LogP contribution in [0.3, 0.4) is 0 Å². The molecule has 0 aromatic heterocycles. The van der Waals surface area contributed by atoms with Gasteiger partial charge in [0.1, 0.15) is 5.82 Å². The predicted molar refractivity (Wildman–Crippen MR) is 98.2 cm³/mol. The molecule has 3 rings (SSSR count). The van der Waals surface area contributed by atoms with Crippen LogP contribution >= 0.6 is 0 Å². The molecule has 0 unspecified atom stereocenters. The summed E-state index contributed by atoms with van der Waals surface area (Å²) in [6.45, 7) is 4.78. The Labute approximate surface area is 154 Å². The van der Waals surface area contributed by atoms with Crippen molar-refractivity contribution in [3.8, 4) is 0 Å². The molecule has 2 heterocycles. The van der Waals surface area contributed by atoms with Crippen LogP contribution in [0.4, 0.5) is 4.39 Å². The largest absolute Gasteiger partial charge is 0.342 e. The second-order valence-corrected chi connectivity index (χ2v) is 7.22. The van der Waals surface area contributed by atoms with Gasteiger partial charge in [-0.25, -0.2) is 4.39 Å². The Hall–Kier alpha value is -1.95. The number of carbonyl (C=O) groups excluding carboxylic acids is 2. The first-order valence-corrected chi connectivity index (χ1v) is 9.65. The minimum absolute atomic E-state index is 0.0476. The van der Waals surface area contributed by atoms with E-state index >= 15 is 0 Å². The van der Waals surface area contributed by atoms with Gasteiger partial charge in [0.2, 0.25) is 11.8 Å². The number of likely N-dealkylation sites (tertiary alicyclic amines) is 1. The molecule has 0 bridgehead atoms. The van der Waals surface area contributed by atoms with E-state index < -0.39 is 0 Å². The topological polar surface area (TPSA) is 43.9 Å². The van der Waals surface area contributed by atoms with Crippen molar-refractivity contribution >= 4 is 11.8 Å². The van der Waals surface area contributed by atoms with Gasteiger partial charge in [0.05, 0.1) is 13.0 Å². The third kappa shape index (κ3) is 5.04. The molecule has 2 aliphatic heterocycles. The lowest BCUT2D eigenvalue weighted by molar-refractivity contribution is -0.134.